The highest BCUT2D eigenvalue weighted by Gasteiger charge is 2.22. The summed E-state index contributed by atoms with van der Waals surface area (Å²) in [5, 5.41) is 8.28. The Morgan fingerprint density at radius 3 is 2.67 bits per heavy atom. The number of aromatic nitrogens is 3. The molecule has 1 aromatic carbocycles. The number of hydrogen-bond donors (Lipinski definition) is 0. The van der Waals surface area contributed by atoms with E-state index in [0.29, 0.717) is 18.1 Å². The number of hydrogen-bond acceptors (Lipinski definition) is 5. The zero-order chi connectivity index (χ0) is 18.8. The summed E-state index contributed by atoms with van der Waals surface area (Å²) in [6.07, 6.45) is 0. The third-order valence-corrected chi connectivity index (χ3v) is 5.64. The van der Waals surface area contributed by atoms with Crippen molar-refractivity contribution in [1.82, 2.24) is 19.7 Å². The van der Waals surface area contributed by atoms with Crippen molar-refractivity contribution < 1.29 is 9.18 Å². The molecule has 0 aliphatic heterocycles. The van der Waals surface area contributed by atoms with Crippen LogP contribution in [0.25, 0.3) is 16.4 Å². The Labute approximate surface area is 163 Å². The minimum Gasteiger partial charge on any atom is -0.334 e. The molecule has 0 aliphatic rings. The van der Waals surface area contributed by atoms with Gasteiger partial charge in [0.15, 0.2) is 5.82 Å². The van der Waals surface area contributed by atoms with E-state index in [0.717, 1.165) is 9.75 Å². The topological polar surface area (TPSA) is 51.0 Å². The van der Waals surface area contributed by atoms with E-state index in [4.69, 9.17) is 0 Å². The number of carbonyl (C=O) groups is 1. The Bertz CT molecular complexity index is 1060. The van der Waals surface area contributed by atoms with E-state index < -0.39 is 0 Å². The van der Waals surface area contributed by atoms with E-state index >= 15 is 0 Å². The number of nitrogens with zero attached hydrogens (tertiary/aromatic N) is 4. The Morgan fingerprint density at radius 2 is 1.96 bits per heavy atom. The number of amides is 1. The first kappa shape index (κ1) is 17.6. The number of carbonyl (C=O) groups excluding carboxylic acids is 1. The van der Waals surface area contributed by atoms with Gasteiger partial charge >= 0.3 is 0 Å². The lowest BCUT2D eigenvalue weighted by Crippen LogP contribution is -2.27. The van der Waals surface area contributed by atoms with E-state index in [-0.39, 0.29) is 17.5 Å². The lowest BCUT2D eigenvalue weighted by Gasteiger charge is -2.13. The van der Waals surface area contributed by atoms with Gasteiger partial charge in [0.2, 0.25) is 5.82 Å². The monoisotopic (exact) mass is 398 g/mol. The lowest BCUT2D eigenvalue weighted by molar-refractivity contribution is 0.0774. The quantitative estimate of drug-likeness (QED) is 0.498. The molecule has 3 heterocycles. The second kappa shape index (κ2) is 7.42. The summed E-state index contributed by atoms with van der Waals surface area (Å²) < 4.78 is 15.2. The lowest BCUT2D eigenvalue weighted by atomic mass is 10.3. The van der Waals surface area contributed by atoms with Crippen LogP contribution in [0.5, 0.6) is 0 Å². The normalized spacial score (nSPS) is 10.9. The predicted octanol–water partition coefficient (Wildman–Crippen LogP) is 4.47. The van der Waals surface area contributed by atoms with E-state index in [2.05, 4.69) is 10.1 Å². The maximum atomic E-state index is 13.7. The van der Waals surface area contributed by atoms with Crippen LogP contribution in [0.1, 0.15) is 15.5 Å². The van der Waals surface area contributed by atoms with Crippen molar-refractivity contribution in [2.24, 2.45) is 0 Å². The van der Waals surface area contributed by atoms with Crippen LogP contribution in [-0.2, 0) is 6.54 Å². The first-order valence-electron chi connectivity index (χ1n) is 8.16. The maximum Gasteiger partial charge on any atom is 0.293 e. The predicted molar refractivity (Wildman–Crippen MR) is 105 cm³/mol. The minimum atomic E-state index is -0.372. The standard InChI is InChI=1S/C19H15FN4OS2/c1-23(12-15-7-3-9-26-15)19(25)17-21-18(16-8-4-10-27-16)24(22-17)14-6-2-5-13(20)11-14/h2-11H,12H2,1H3. The van der Waals surface area contributed by atoms with Gasteiger partial charge in [-0.25, -0.2) is 14.1 Å². The molecule has 1 amide bonds. The molecule has 0 aliphatic carbocycles. The fraction of sp³-hybridized carbons (Fsp3) is 0.105. The number of thiophene rings is 2. The fourth-order valence-electron chi connectivity index (χ4n) is 2.63. The van der Waals surface area contributed by atoms with Crippen molar-refractivity contribution in [2.75, 3.05) is 7.05 Å². The van der Waals surface area contributed by atoms with Crippen LogP contribution in [0, 0.1) is 5.82 Å². The second-order valence-electron chi connectivity index (χ2n) is 5.87. The van der Waals surface area contributed by atoms with Gasteiger partial charge in [-0.2, -0.15) is 0 Å². The molecule has 0 fully saturated rings. The van der Waals surface area contributed by atoms with E-state index in [1.165, 1.54) is 28.2 Å². The van der Waals surface area contributed by atoms with Gasteiger partial charge in [-0.1, -0.05) is 18.2 Å². The van der Waals surface area contributed by atoms with Gasteiger partial charge in [0.25, 0.3) is 5.91 Å². The average Bonchev–Trinajstić information content (AvgIpc) is 3.41. The molecule has 4 rings (SSSR count). The summed E-state index contributed by atoms with van der Waals surface area (Å²) in [5.74, 6) is -0.0515. The SMILES string of the molecule is CN(Cc1cccs1)C(=O)c1nc(-c2cccs2)n(-c2cccc(F)c2)n1. The maximum absolute atomic E-state index is 13.7. The van der Waals surface area contributed by atoms with Crippen molar-refractivity contribution in [3.63, 3.8) is 0 Å². The van der Waals surface area contributed by atoms with Gasteiger partial charge in [0.1, 0.15) is 5.82 Å². The van der Waals surface area contributed by atoms with Gasteiger partial charge < -0.3 is 4.90 Å². The van der Waals surface area contributed by atoms with Gasteiger partial charge in [-0.05, 0) is 41.1 Å². The van der Waals surface area contributed by atoms with Crippen molar-refractivity contribution in [3.05, 3.63) is 75.8 Å². The molecule has 0 N–H and O–H groups in total. The number of benzene rings is 1. The Morgan fingerprint density at radius 1 is 1.15 bits per heavy atom. The molecular formula is C19H15FN4OS2. The average molecular weight is 398 g/mol. The first-order chi connectivity index (χ1) is 13.1. The summed E-state index contributed by atoms with van der Waals surface area (Å²) >= 11 is 3.07. The van der Waals surface area contributed by atoms with Gasteiger partial charge in [-0.3, -0.25) is 4.79 Å². The van der Waals surface area contributed by atoms with Crippen LogP contribution in [0.4, 0.5) is 4.39 Å². The molecule has 0 radical (unpaired) electrons. The molecule has 0 saturated carbocycles. The van der Waals surface area contributed by atoms with Crippen LogP contribution in [0.2, 0.25) is 0 Å². The zero-order valence-corrected chi connectivity index (χ0v) is 16.0. The molecule has 4 aromatic rings. The molecular weight excluding hydrogens is 383 g/mol. The smallest absolute Gasteiger partial charge is 0.293 e. The molecule has 5 nitrogen and oxygen atoms in total. The number of halogens is 1. The molecule has 0 atom stereocenters. The van der Waals surface area contributed by atoms with Crippen molar-refractivity contribution in [2.45, 2.75) is 6.54 Å². The van der Waals surface area contributed by atoms with Gasteiger partial charge in [0.05, 0.1) is 17.1 Å². The minimum absolute atomic E-state index is 0.0849. The van der Waals surface area contributed by atoms with Crippen LogP contribution < -0.4 is 0 Å². The largest absolute Gasteiger partial charge is 0.334 e. The molecule has 136 valence electrons. The van der Waals surface area contributed by atoms with Gasteiger partial charge in [0, 0.05) is 11.9 Å². The number of rotatable bonds is 5. The molecule has 0 unspecified atom stereocenters. The van der Waals surface area contributed by atoms with E-state index in [1.54, 1.807) is 35.4 Å². The van der Waals surface area contributed by atoms with Crippen molar-refractivity contribution in [3.8, 4) is 16.4 Å². The van der Waals surface area contributed by atoms with E-state index in [9.17, 15) is 9.18 Å². The Kier molecular flexibility index (Phi) is 4.83. The summed E-state index contributed by atoms with van der Waals surface area (Å²) in [7, 11) is 1.72. The molecule has 8 heteroatoms. The summed E-state index contributed by atoms with van der Waals surface area (Å²) in [5.41, 5.74) is 0.519. The van der Waals surface area contributed by atoms with Gasteiger partial charge in [-0.15, -0.1) is 27.8 Å². The summed E-state index contributed by atoms with van der Waals surface area (Å²) in [6.45, 7) is 0.485. The van der Waals surface area contributed by atoms with Crippen LogP contribution >= 0.6 is 22.7 Å². The van der Waals surface area contributed by atoms with Crippen LogP contribution in [0.3, 0.4) is 0 Å². The molecule has 0 spiro atoms. The molecule has 0 bridgehead atoms. The highest BCUT2D eigenvalue weighted by molar-refractivity contribution is 7.13. The van der Waals surface area contributed by atoms with Crippen LogP contribution in [-0.4, -0.2) is 32.6 Å². The first-order valence-corrected chi connectivity index (χ1v) is 9.92. The highest BCUT2D eigenvalue weighted by Crippen LogP contribution is 2.26. The molecule has 0 saturated heterocycles. The second-order valence-corrected chi connectivity index (χ2v) is 7.85. The van der Waals surface area contributed by atoms with Crippen molar-refractivity contribution in [1.29, 1.82) is 0 Å². The highest BCUT2D eigenvalue weighted by atomic mass is 32.1. The third kappa shape index (κ3) is 3.67. The molecule has 27 heavy (non-hydrogen) atoms. The van der Waals surface area contributed by atoms with E-state index in [1.807, 2.05) is 35.0 Å². The van der Waals surface area contributed by atoms with Crippen LogP contribution in [0.15, 0.2) is 59.3 Å². The Balaban J connectivity index is 1.72. The summed E-state index contributed by atoms with van der Waals surface area (Å²) in [4.78, 5) is 20.8. The summed E-state index contributed by atoms with van der Waals surface area (Å²) in [6, 6.07) is 13.8. The zero-order valence-electron chi connectivity index (χ0n) is 14.4. The third-order valence-electron chi connectivity index (χ3n) is 3.91. The molecule has 3 aromatic heterocycles. The Hall–Kier alpha value is -2.84. The fourth-order valence-corrected chi connectivity index (χ4v) is 4.09. The van der Waals surface area contributed by atoms with Crippen molar-refractivity contribution >= 4 is 28.6 Å².